The summed E-state index contributed by atoms with van der Waals surface area (Å²) in [5.74, 6) is 1.45. The first-order valence-electron chi connectivity index (χ1n) is 7.67. The van der Waals surface area contributed by atoms with Crippen LogP contribution in [0.4, 0.5) is 11.4 Å². The first-order valence-corrected chi connectivity index (χ1v) is 8.84. The van der Waals surface area contributed by atoms with E-state index in [0.29, 0.717) is 11.6 Å². The molecule has 3 rings (SSSR count). The van der Waals surface area contributed by atoms with E-state index in [-0.39, 0.29) is 5.91 Å². The molecule has 0 aliphatic carbocycles. The predicted molar refractivity (Wildman–Crippen MR) is 105 cm³/mol. The van der Waals surface area contributed by atoms with Crippen molar-refractivity contribution in [3.63, 3.8) is 0 Å². The minimum atomic E-state index is -0.0876. The number of nitrogens with one attached hydrogen (secondary N) is 2. The van der Waals surface area contributed by atoms with Gasteiger partial charge in [0.05, 0.1) is 11.6 Å². The van der Waals surface area contributed by atoms with E-state index in [2.05, 4.69) is 26.6 Å². The monoisotopic (exact) mass is 418 g/mol. The SMILES string of the molecule is CC(=O)Nc1ccc(NCc2ccc(-c3ccc(Br)cc3Cl)o2)cc1. The third kappa shape index (κ3) is 4.65. The Morgan fingerprint density at radius 1 is 1.08 bits per heavy atom. The number of amides is 1. The fraction of sp³-hybridized carbons (Fsp3) is 0.105. The molecule has 0 fully saturated rings. The Morgan fingerprint density at radius 3 is 2.48 bits per heavy atom. The lowest BCUT2D eigenvalue weighted by Gasteiger charge is -2.07. The van der Waals surface area contributed by atoms with Crippen LogP contribution in [-0.4, -0.2) is 5.91 Å². The quantitative estimate of drug-likeness (QED) is 0.538. The van der Waals surface area contributed by atoms with E-state index in [1.54, 1.807) is 0 Å². The highest BCUT2D eigenvalue weighted by Crippen LogP contribution is 2.31. The highest BCUT2D eigenvalue weighted by Gasteiger charge is 2.09. The van der Waals surface area contributed by atoms with Gasteiger partial charge >= 0.3 is 0 Å². The van der Waals surface area contributed by atoms with E-state index in [9.17, 15) is 4.79 Å². The number of rotatable bonds is 5. The molecule has 2 aromatic carbocycles. The number of carbonyl (C=O) groups is 1. The van der Waals surface area contributed by atoms with Crippen LogP contribution in [0.1, 0.15) is 12.7 Å². The molecule has 1 heterocycles. The van der Waals surface area contributed by atoms with Crippen molar-refractivity contribution in [2.24, 2.45) is 0 Å². The molecule has 0 saturated heterocycles. The maximum atomic E-state index is 11.0. The van der Waals surface area contributed by atoms with Gasteiger partial charge in [0, 0.05) is 28.3 Å². The molecule has 0 spiro atoms. The largest absolute Gasteiger partial charge is 0.459 e. The molecule has 1 aromatic heterocycles. The smallest absolute Gasteiger partial charge is 0.221 e. The van der Waals surface area contributed by atoms with Crippen LogP contribution in [0.15, 0.2) is 63.5 Å². The van der Waals surface area contributed by atoms with Gasteiger partial charge in [0.1, 0.15) is 11.5 Å². The number of anilines is 2. The molecule has 1 amide bonds. The molecule has 0 radical (unpaired) electrons. The summed E-state index contributed by atoms with van der Waals surface area (Å²) in [4.78, 5) is 11.0. The lowest BCUT2D eigenvalue weighted by molar-refractivity contribution is -0.114. The van der Waals surface area contributed by atoms with Crippen molar-refractivity contribution in [1.82, 2.24) is 0 Å². The van der Waals surface area contributed by atoms with Crippen LogP contribution in [0.3, 0.4) is 0 Å². The molecule has 25 heavy (non-hydrogen) atoms. The van der Waals surface area contributed by atoms with Gasteiger partial charge in [-0.05, 0) is 54.6 Å². The molecule has 6 heteroatoms. The van der Waals surface area contributed by atoms with Gasteiger partial charge in [-0.3, -0.25) is 4.79 Å². The first-order chi connectivity index (χ1) is 12.0. The molecule has 128 valence electrons. The number of hydrogen-bond donors (Lipinski definition) is 2. The number of carbonyl (C=O) groups excluding carboxylic acids is 1. The Balaban J connectivity index is 1.64. The zero-order valence-electron chi connectivity index (χ0n) is 13.5. The van der Waals surface area contributed by atoms with Gasteiger partial charge in [0.2, 0.25) is 5.91 Å². The maximum absolute atomic E-state index is 11.0. The third-order valence-electron chi connectivity index (χ3n) is 3.53. The van der Waals surface area contributed by atoms with Crippen LogP contribution in [0.5, 0.6) is 0 Å². The number of hydrogen-bond acceptors (Lipinski definition) is 3. The Labute approximate surface area is 159 Å². The Hall–Kier alpha value is -2.24. The van der Waals surface area contributed by atoms with Crippen molar-refractivity contribution in [3.05, 3.63) is 69.9 Å². The average molecular weight is 420 g/mol. The molecule has 0 unspecified atom stereocenters. The Bertz CT molecular complexity index is 891. The summed E-state index contributed by atoms with van der Waals surface area (Å²) < 4.78 is 6.80. The molecule has 2 N–H and O–H groups in total. The number of benzene rings is 2. The first kappa shape index (κ1) is 17.6. The third-order valence-corrected chi connectivity index (χ3v) is 4.34. The summed E-state index contributed by atoms with van der Waals surface area (Å²) >= 11 is 9.66. The lowest BCUT2D eigenvalue weighted by Crippen LogP contribution is -2.05. The molecule has 0 atom stereocenters. The molecule has 0 saturated carbocycles. The van der Waals surface area contributed by atoms with E-state index >= 15 is 0 Å². The van der Waals surface area contributed by atoms with Crippen molar-refractivity contribution in [2.75, 3.05) is 10.6 Å². The van der Waals surface area contributed by atoms with Crippen molar-refractivity contribution >= 4 is 44.8 Å². The summed E-state index contributed by atoms with van der Waals surface area (Å²) in [6.07, 6.45) is 0. The van der Waals surface area contributed by atoms with Crippen LogP contribution in [0.2, 0.25) is 5.02 Å². The van der Waals surface area contributed by atoms with Gasteiger partial charge in [-0.25, -0.2) is 0 Å². The van der Waals surface area contributed by atoms with Gasteiger partial charge < -0.3 is 15.1 Å². The maximum Gasteiger partial charge on any atom is 0.221 e. The van der Waals surface area contributed by atoms with Gasteiger partial charge in [0.25, 0.3) is 0 Å². The summed E-state index contributed by atoms with van der Waals surface area (Å²) in [5, 5.41) is 6.65. The van der Waals surface area contributed by atoms with Gasteiger partial charge in [-0.2, -0.15) is 0 Å². The van der Waals surface area contributed by atoms with Crippen molar-refractivity contribution in [2.45, 2.75) is 13.5 Å². The van der Waals surface area contributed by atoms with E-state index in [1.807, 2.05) is 54.6 Å². The minimum Gasteiger partial charge on any atom is -0.459 e. The zero-order valence-corrected chi connectivity index (χ0v) is 15.8. The standard InChI is InChI=1S/C19H16BrClN2O2/c1-12(24)23-15-5-3-14(4-6-15)22-11-16-7-9-19(25-16)17-8-2-13(20)10-18(17)21/h2-10,22H,11H2,1H3,(H,23,24). The van der Waals surface area contributed by atoms with Crippen LogP contribution in [0, 0.1) is 0 Å². The zero-order chi connectivity index (χ0) is 17.8. The average Bonchev–Trinajstić information content (AvgIpc) is 3.02. The van der Waals surface area contributed by atoms with Gasteiger partial charge in [-0.15, -0.1) is 0 Å². The number of furan rings is 1. The molecule has 0 aliphatic rings. The van der Waals surface area contributed by atoms with Gasteiger partial charge in [0.15, 0.2) is 0 Å². The lowest BCUT2D eigenvalue weighted by atomic mass is 10.2. The van der Waals surface area contributed by atoms with Crippen molar-refractivity contribution < 1.29 is 9.21 Å². The molecular formula is C19H16BrClN2O2. The molecular weight excluding hydrogens is 404 g/mol. The van der Waals surface area contributed by atoms with E-state index < -0.39 is 0 Å². The predicted octanol–water partition coefficient (Wildman–Crippen LogP) is 5.93. The minimum absolute atomic E-state index is 0.0876. The Kier molecular flexibility index (Phi) is 5.46. The fourth-order valence-electron chi connectivity index (χ4n) is 2.37. The van der Waals surface area contributed by atoms with Crippen molar-refractivity contribution in [3.8, 4) is 11.3 Å². The van der Waals surface area contributed by atoms with Gasteiger partial charge in [-0.1, -0.05) is 27.5 Å². The number of halogens is 2. The second-order valence-electron chi connectivity index (χ2n) is 5.50. The van der Waals surface area contributed by atoms with E-state index in [0.717, 1.165) is 32.9 Å². The molecule has 0 bridgehead atoms. The Morgan fingerprint density at radius 2 is 1.80 bits per heavy atom. The van der Waals surface area contributed by atoms with E-state index in [1.165, 1.54) is 6.92 Å². The summed E-state index contributed by atoms with van der Waals surface area (Å²) in [5.41, 5.74) is 2.56. The topological polar surface area (TPSA) is 54.3 Å². The summed E-state index contributed by atoms with van der Waals surface area (Å²) in [7, 11) is 0. The second-order valence-corrected chi connectivity index (χ2v) is 6.83. The molecule has 3 aromatic rings. The highest BCUT2D eigenvalue weighted by atomic mass is 79.9. The molecule has 4 nitrogen and oxygen atoms in total. The van der Waals surface area contributed by atoms with Crippen LogP contribution < -0.4 is 10.6 Å². The summed E-state index contributed by atoms with van der Waals surface area (Å²) in [6, 6.07) is 17.0. The van der Waals surface area contributed by atoms with Crippen molar-refractivity contribution in [1.29, 1.82) is 0 Å². The highest BCUT2D eigenvalue weighted by molar-refractivity contribution is 9.10. The van der Waals surface area contributed by atoms with Crippen LogP contribution >= 0.6 is 27.5 Å². The molecule has 0 aliphatic heterocycles. The van der Waals surface area contributed by atoms with Crippen LogP contribution in [0.25, 0.3) is 11.3 Å². The van der Waals surface area contributed by atoms with Crippen LogP contribution in [-0.2, 0) is 11.3 Å². The second kappa shape index (κ2) is 7.76. The normalized spacial score (nSPS) is 10.5. The fourth-order valence-corrected chi connectivity index (χ4v) is 3.14. The summed E-state index contributed by atoms with van der Waals surface area (Å²) in [6.45, 7) is 2.03. The van der Waals surface area contributed by atoms with E-state index in [4.69, 9.17) is 16.0 Å².